The van der Waals surface area contributed by atoms with Gasteiger partial charge in [0.1, 0.15) is 0 Å². The number of nitrogens with zero attached hydrogens (tertiary/aromatic N) is 1. The zero-order valence-corrected chi connectivity index (χ0v) is 6.11. The average Bonchev–Trinajstić information content (AvgIpc) is 1.64. The summed E-state index contributed by atoms with van der Waals surface area (Å²) >= 11 is 0. The van der Waals surface area contributed by atoms with E-state index in [1.165, 1.54) is 0 Å². The molecule has 0 bridgehead atoms. The van der Waals surface area contributed by atoms with Crippen molar-refractivity contribution in [3.63, 3.8) is 0 Å². The highest BCUT2D eigenvalue weighted by Crippen LogP contribution is 1.92. The van der Waals surface area contributed by atoms with E-state index in [1.54, 1.807) is 6.92 Å². The molecule has 0 radical (unpaired) electrons. The zero-order valence-electron chi connectivity index (χ0n) is 5.29. The number of sulfone groups is 1. The van der Waals surface area contributed by atoms with E-state index in [2.05, 4.69) is 4.85 Å². The molecule has 0 rings (SSSR count). The maximum atomic E-state index is 10.6. The van der Waals surface area contributed by atoms with Crippen LogP contribution in [-0.4, -0.2) is 20.0 Å². The second kappa shape index (κ2) is 3.46. The van der Waals surface area contributed by atoms with E-state index in [0.717, 1.165) is 0 Å². The van der Waals surface area contributed by atoms with Gasteiger partial charge in [-0.2, -0.15) is 0 Å². The summed E-state index contributed by atoms with van der Waals surface area (Å²) in [6.07, 6.45) is 0.595. The third-order valence-electron chi connectivity index (χ3n) is 0.776. The van der Waals surface area contributed by atoms with Crippen molar-refractivity contribution in [2.24, 2.45) is 0 Å². The molecule has 0 fully saturated rings. The first kappa shape index (κ1) is 8.44. The van der Waals surface area contributed by atoms with Crippen LogP contribution in [-0.2, 0) is 9.84 Å². The molecule has 0 aliphatic rings. The Kier molecular flexibility index (Phi) is 3.25. The molecule has 0 saturated carbocycles. The molecule has 0 N–H and O–H groups in total. The fourth-order valence-corrected chi connectivity index (χ4v) is 1.42. The molecule has 0 spiro atoms. The quantitative estimate of drug-likeness (QED) is 0.551. The predicted molar refractivity (Wildman–Crippen MR) is 35.5 cm³/mol. The Morgan fingerprint density at radius 2 is 2.11 bits per heavy atom. The minimum absolute atomic E-state index is 0.134. The number of hydrogen-bond donors (Lipinski definition) is 0. The summed E-state index contributed by atoms with van der Waals surface area (Å²) in [7, 11) is -3.04. The first-order valence-corrected chi connectivity index (χ1v) is 4.48. The van der Waals surface area contributed by atoms with Gasteiger partial charge in [0.15, 0.2) is 0 Å². The fraction of sp³-hybridized carbons (Fsp3) is 0.800. The van der Waals surface area contributed by atoms with Crippen LogP contribution in [0.1, 0.15) is 13.3 Å². The summed E-state index contributed by atoms with van der Waals surface area (Å²) in [4.78, 5) is 2.79. The van der Waals surface area contributed by atoms with Gasteiger partial charge in [0.25, 0.3) is 0 Å². The molecule has 52 valence electrons. The highest BCUT2D eigenvalue weighted by Gasteiger charge is 2.10. The summed E-state index contributed by atoms with van der Waals surface area (Å²) in [5.41, 5.74) is 0. The summed E-state index contributed by atoms with van der Waals surface area (Å²) in [5.74, 6) is -0.226. The van der Waals surface area contributed by atoms with Gasteiger partial charge in [-0.3, -0.25) is 4.85 Å². The Hall–Kier alpha value is -0.560. The number of hydrogen-bond acceptors (Lipinski definition) is 2. The highest BCUT2D eigenvalue weighted by molar-refractivity contribution is 7.91. The Balaban J connectivity index is 3.93. The Bertz CT molecular complexity index is 199. The van der Waals surface area contributed by atoms with E-state index in [4.69, 9.17) is 6.57 Å². The molecule has 0 unspecified atom stereocenters. The molecule has 0 aliphatic heterocycles. The van der Waals surface area contributed by atoms with Crippen molar-refractivity contribution < 1.29 is 8.42 Å². The van der Waals surface area contributed by atoms with Crippen LogP contribution in [0.15, 0.2) is 0 Å². The average molecular weight is 147 g/mol. The molecule has 9 heavy (non-hydrogen) atoms. The van der Waals surface area contributed by atoms with Gasteiger partial charge in [0.2, 0.25) is 9.84 Å². The third-order valence-corrected chi connectivity index (χ3v) is 2.33. The van der Waals surface area contributed by atoms with Gasteiger partial charge in [-0.25, -0.2) is 15.0 Å². The lowest BCUT2D eigenvalue weighted by Gasteiger charge is -1.89. The topological polar surface area (TPSA) is 38.5 Å². The van der Waals surface area contributed by atoms with Crippen molar-refractivity contribution in [1.29, 1.82) is 0 Å². The lowest BCUT2D eigenvalue weighted by molar-refractivity contribution is 0.597. The van der Waals surface area contributed by atoms with Gasteiger partial charge in [-0.15, -0.1) is 0 Å². The molecule has 0 aromatic heterocycles. The molecular formula is C5H9NO2S. The van der Waals surface area contributed by atoms with Crippen molar-refractivity contribution in [2.45, 2.75) is 13.3 Å². The van der Waals surface area contributed by atoms with Crippen LogP contribution in [0.5, 0.6) is 0 Å². The van der Waals surface area contributed by atoms with Crippen LogP contribution in [0.2, 0.25) is 0 Å². The molecule has 0 saturated heterocycles. The standard InChI is InChI=1S/C5H9NO2S/c1-3-4-9(7,8)5-6-2/h3-5H2,1H3. The minimum atomic E-state index is -3.04. The van der Waals surface area contributed by atoms with Crippen molar-refractivity contribution >= 4 is 9.84 Å². The molecule has 0 amide bonds. The van der Waals surface area contributed by atoms with E-state index in [9.17, 15) is 8.42 Å². The van der Waals surface area contributed by atoms with E-state index in [-0.39, 0.29) is 11.6 Å². The van der Waals surface area contributed by atoms with Crippen molar-refractivity contribution in [2.75, 3.05) is 11.6 Å². The van der Waals surface area contributed by atoms with Crippen LogP contribution in [0, 0.1) is 6.57 Å². The maximum absolute atomic E-state index is 10.6. The molecular weight excluding hydrogens is 138 g/mol. The van der Waals surface area contributed by atoms with Gasteiger partial charge in [0, 0.05) is 0 Å². The second-order valence-corrected chi connectivity index (χ2v) is 3.89. The predicted octanol–water partition coefficient (Wildman–Crippen LogP) is 0.688. The Morgan fingerprint density at radius 3 is 2.44 bits per heavy atom. The third kappa shape index (κ3) is 3.98. The maximum Gasteiger partial charge on any atom is 0.312 e. The van der Waals surface area contributed by atoms with Gasteiger partial charge in [0.05, 0.1) is 5.75 Å². The van der Waals surface area contributed by atoms with Crippen molar-refractivity contribution in [3.8, 4) is 0 Å². The molecule has 0 atom stereocenters. The lowest BCUT2D eigenvalue weighted by atomic mass is 10.6. The van der Waals surface area contributed by atoms with Crippen LogP contribution in [0.4, 0.5) is 0 Å². The monoisotopic (exact) mass is 147 g/mol. The normalized spacial score (nSPS) is 10.7. The van der Waals surface area contributed by atoms with Crippen molar-refractivity contribution in [3.05, 3.63) is 11.4 Å². The lowest BCUT2D eigenvalue weighted by Crippen LogP contribution is -2.06. The fourth-order valence-electron chi connectivity index (χ4n) is 0.474. The molecule has 4 heteroatoms. The molecule has 0 aliphatic carbocycles. The second-order valence-electron chi connectivity index (χ2n) is 1.73. The van der Waals surface area contributed by atoms with E-state index in [0.29, 0.717) is 6.42 Å². The highest BCUT2D eigenvalue weighted by atomic mass is 32.2. The SMILES string of the molecule is [C-]#[N+]CS(=O)(=O)CCC. The summed E-state index contributed by atoms with van der Waals surface area (Å²) < 4.78 is 21.2. The number of rotatable bonds is 3. The van der Waals surface area contributed by atoms with E-state index in [1.807, 2.05) is 0 Å². The van der Waals surface area contributed by atoms with Crippen LogP contribution in [0.3, 0.4) is 0 Å². The molecule has 3 nitrogen and oxygen atoms in total. The Labute approximate surface area is 55.4 Å². The van der Waals surface area contributed by atoms with E-state index < -0.39 is 9.84 Å². The van der Waals surface area contributed by atoms with Gasteiger partial charge >= 0.3 is 5.88 Å². The van der Waals surface area contributed by atoms with Crippen LogP contribution < -0.4 is 0 Å². The molecule has 0 aromatic rings. The minimum Gasteiger partial charge on any atom is -0.300 e. The smallest absolute Gasteiger partial charge is 0.300 e. The molecule has 0 heterocycles. The summed E-state index contributed by atoms with van der Waals surface area (Å²) in [5, 5.41) is 0. The zero-order chi connectivity index (χ0) is 7.33. The van der Waals surface area contributed by atoms with Gasteiger partial charge in [-0.1, -0.05) is 6.92 Å². The first-order valence-electron chi connectivity index (χ1n) is 2.66. The molecule has 0 aromatic carbocycles. The first-order chi connectivity index (χ1) is 4.12. The van der Waals surface area contributed by atoms with Gasteiger partial charge < -0.3 is 0 Å². The van der Waals surface area contributed by atoms with E-state index >= 15 is 0 Å². The van der Waals surface area contributed by atoms with Gasteiger partial charge in [-0.05, 0) is 6.42 Å². The van der Waals surface area contributed by atoms with Crippen LogP contribution in [0.25, 0.3) is 4.85 Å². The summed E-state index contributed by atoms with van der Waals surface area (Å²) in [6.45, 7) is 8.06. The van der Waals surface area contributed by atoms with Crippen molar-refractivity contribution in [1.82, 2.24) is 0 Å². The van der Waals surface area contributed by atoms with Crippen LogP contribution >= 0.6 is 0 Å². The largest absolute Gasteiger partial charge is 0.312 e. The summed E-state index contributed by atoms with van der Waals surface area (Å²) in [6, 6.07) is 0. The Morgan fingerprint density at radius 1 is 1.56 bits per heavy atom.